The highest BCUT2D eigenvalue weighted by molar-refractivity contribution is 5.75. The molecule has 1 saturated heterocycles. The van der Waals surface area contributed by atoms with Crippen LogP contribution in [0.2, 0.25) is 0 Å². The molecular formula is C19H22FN3O2. The fourth-order valence-electron chi connectivity index (χ4n) is 3.61. The van der Waals surface area contributed by atoms with Gasteiger partial charge in [0.15, 0.2) is 0 Å². The van der Waals surface area contributed by atoms with Gasteiger partial charge in [-0.1, -0.05) is 6.08 Å². The normalized spacial score (nSPS) is 21.2. The van der Waals surface area contributed by atoms with E-state index in [2.05, 4.69) is 21.7 Å². The number of nitrogens with one attached hydrogen (secondary N) is 1. The number of carboxylic acids is 1. The van der Waals surface area contributed by atoms with Gasteiger partial charge >= 0.3 is 5.97 Å². The zero-order chi connectivity index (χ0) is 17.9. The molecule has 1 aromatic heterocycles. The van der Waals surface area contributed by atoms with Crippen LogP contribution in [0, 0.1) is 11.2 Å². The molecule has 2 aromatic rings. The summed E-state index contributed by atoms with van der Waals surface area (Å²) < 4.78 is 13.1. The lowest BCUT2D eigenvalue weighted by Crippen LogP contribution is -2.47. The van der Waals surface area contributed by atoms with E-state index < -0.39 is 11.4 Å². The smallest absolute Gasteiger partial charge is 0.311 e. The third-order valence-corrected chi connectivity index (χ3v) is 4.89. The van der Waals surface area contributed by atoms with Crippen molar-refractivity contribution in [2.24, 2.45) is 5.41 Å². The summed E-state index contributed by atoms with van der Waals surface area (Å²) in [4.78, 5) is 14.0. The Morgan fingerprint density at radius 3 is 2.88 bits per heavy atom. The number of aromatic amines is 1. The maximum atomic E-state index is 13.1. The quantitative estimate of drug-likeness (QED) is 0.788. The second-order valence-electron chi connectivity index (χ2n) is 6.67. The highest BCUT2D eigenvalue weighted by Gasteiger charge is 2.41. The standard InChI is InChI=1S/C19H22FN3O2/c1-2-8-19(18(24)25)9-3-10-23(13-19)12-15-11-21-22-17(15)14-4-6-16(20)7-5-14/h2,4-7,11H,1,3,8-10,12-13H2,(H,21,22)(H,24,25)/t19-/m1/s1. The van der Waals surface area contributed by atoms with Crippen LogP contribution in [-0.2, 0) is 11.3 Å². The number of nitrogens with zero attached hydrogens (tertiary/aromatic N) is 2. The van der Waals surface area contributed by atoms with Crippen LogP contribution in [0.5, 0.6) is 0 Å². The maximum Gasteiger partial charge on any atom is 0.311 e. The number of aromatic nitrogens is 2. The number of carbonyl (C=O) groups is 1. The van der Waals surface area contributed by atoms with Gasteiger partial charge in [0.05, 0.1) is 17.3 Å². The monoisotopic (exact) mass is 343 g/mol. The molecule has 132 valence electrons. The van der Waals surface area contributed by atoms with Crippen LogP contribution in [0.4, 0.5) is 4.39 Å². The average Bonchev–Trinajstić information content (AvgIpc) is 3.04. The molecule has 0 aliphatic carbocycles. The molecule has 3 rings (SSSR count). The first-order chi connectivity index (χ1) is 12.0. The predicted octanol–water partition coefficient (Wildman–Crippen LogP) is 3.46. The molecule has 1 atom stereocenters. The van der Waals surface area contributed by atoms with Gasteiger partial charge in [-0.05, 0) is 50.1 Å². The van der Waals surface area contributed by atoms with E-state index in [4.69, 9.17) is 0 Å². The topological polar surface area (TPSA) is 69.2 Å². The summed E-state index contributed by atoms with van der Waals surface area (Å²) in [6.45, 7) is 5.66. The van der Waals surface area contributed by atoms with E-state index in [1.54, 1.807) is 24.4 Å². The number of H-pyrrole nitrogens is 1. The molecule has 1 aromatic carbocycles. The van der Waals surface area contributed by atoms with E-state index >= 15 is 0 Å². The number of hydrogen-bond donors (Lipinski definition) is 2. The van der Waals surface area contributed by atoms with Crippen molar-refractivity contribution < 1.29 is 14.3 Å². The van der Waals surface area contributed by atoms with Crippen molar-refractivity contribution in [2.75, 3.05) is 13.1 Å². The fraction of sp³-hybridized carbons (Fsp3) is 0.368. The van der Waals surface area contributed by atoms with E-state index in [1.807, 2.05) is 0 Å². The van der Waals surface area contributed by atoms with Gasteiger partial charge in [0.25, 0.3) is 0 Å². The third-order valence-electron chi connectivity index (χ3n) is 4.89. The van der Waals surface area contributed by atoms with E-state index in [-0.39, 0.29) is 5.82 Å². The number of allylic oxidation sites excluding steroid dienone is 1. The zero-order valence-corrected chi connectivity index (χ0v) is 14.0. The summed E-state index contributed by atoms with van der Waals surface area (Å²) >= 11 is 0. The Hall–Kier alpha value is -2.47. The van der Waals surface area contributed by atoms with Crippen molar-refractivity contribution >= 4 is 5.97 Å². The molecule has 2 N–H and O–H groups in total. The van der Waals surface area contributed by atoms with Crippen LogP contribution < -0.4 is 0 Å². The van der Waals surface area contributed by atoms with Crippen LogP contribution in [0.15, 0.2) is 43.1 Å². The number of aliphatic carboxylic acids is 1. The molecule has 2 heterocycles. The molecule has 25 heavy (non-hydrogen) atoms. The van der Waals surface area contributed by atoms with Crippen LogP contribution in [0.25, 0.3) is 11.3 Å². The van der Waals surface area contributed by atoms with Crippen molar-refractivity contribution in [3.05, 3.63) is 54.5 Å². The van der Waals surface area contributed by atoms with Gasteiger partial charge in [0.2, 0.25) is 0 Å². The molecule has 0 bridgehead atoms. The first-order valence-electron chi connectivity index (χ1n) is 8.39. The van der Waals surface area contributed by atoms with Crippen LogP contribution in [0.3, 0.4) is 0 Å². The Morgan fingerprint density at radius 1 is 1.44 bits per heavy atom. The summed E-state index contributed by atoms with van der Waals surface area (Å²) in [6.07, 6.45) is 5.42. The highest BCUT2D eigenvalue weighted by Crippen LogP contribution is 2.35. The van der Waals surface area contributed by atoms with Gasteiger partial charge in [0.1, 0.15) is 5.82 Å². The Labute approximate surface area is 146 Å². The number of likely N-dealkylation sites (tertiary alicyclic amines) is 1. The largest absolute Gasteiger partial charge is 0.481 e. The van der Waals surface area contributed by atoms with Gasteiger partial charge < -0.3 is 5.11 Å². The fourth-order valence-corrected chi connectivity index (χ4v) is 3.61. The predicted molar refractivity (Wildman–Crippen MR) is 93.4 cm³/mol. The number of rotatable bonds is 6. The molecule has 1 aliphatic rings. The average molecular weight is 343 g/mol. The van der Waals surface area contributed by atoms with Crippen molar-refractivity contribution in [1.82, 2.24) is 15.1 Å². The minimum atomic E-state index is -0.764. The van der Waals surface area contributed by atoms with Crippen LogP contribution in [0.1, 0.15) is 24.8 Å². The Morgan fingerprint density at radius 2 is 2.20 bits per heavy atom. The van der Waals surface area contributed by atoms with Gasteiger partial charge in [-0.15, -0.1) is 6.58 Å². The Kier molecular flexibility index (Phi) is 4.99. The Bertz CT molecular complexity index is 756. The first-order valence-corrected chi connectivity index (χ1v) is 8.39. The zero-order valence-electron chi connectivity index (χ0n) is 14.0. The molecule has 1 aliphatic heterocycles. The lowest BCUT2D eigenvalue weighted by Gasteiger charge is -2.39. The molecule has 0 saturated carbocycles. The van der Waals surface area contributed by atoms with Gasteiger partial charge in [0, 0.05) is 24.2 Å². The molecule has 0 unspecified atom stereocenters. The molecule has 6 heteroatoms. The van der Waals surface area contributed by atoms with Crippen molar-refractivity contribution in [1.29, 1.82) is 0 Å². The lowest BCUT2D eigenvalue weighted by atomic mass is 9.77. The van der Waals surface area contributed by atoms with E-state index in [1.165, 1.54) is 12.1 Å². The first kappa shape index (κ1) is 17.4. The minimum absolute atomic E-state index is 0.281. The van der Waals surface area contributed by atoms with E-state index in [0.717, 1.165) is 29.8 Å². The van der Waals surface area contributed by atoms with Crippen molar-refractivity contribution in [2.45, 2.75) is 25.8 Å². The number of hydrogen-bond acceptors (Lipinski definition) is 3. The molecule has 0 spiro atoms. The number of carboxylic acid groups (broad SMARTS) is 1. The minimum Gasteiger partial charge on any atom is -0.481 e. The summed E-state index contributed by atoms with van der Waals surface area (Å²) in [5.41, 5.74) is 1.92. The lowest BCUT2D eigenvalue weighted by molar-refractivity contribution is -0.152. The molecule has 0 radical (unpaired) electrons. The summed E-state index contributed by atoms with van der Waals surface area (Å²) in [5, 5.41) is 16.8. The number of halogens is 1. The van der Waals surface area contributed by atoms with Crippen LogP contribution in [-0.4, -0.2) is 39.3 Å². The summed E-state index contributed by atoms with van der Waals surface area (Å²) in [5.74, 6) is -1.04. The summed E-state index contributed by atoms with van der Waals surface area (Å²) in [7, 11) is 0. The molecule has 5 nitrogen and oxygen atoms in total. The third kappa shape index (κ3) is 3.64. The van der Waals surface area contributed by atoms with Crippen molar-refractivity contribution in [3.8, 4) is 11.3 Å². The second kappa shape index (κ2) is 7.19. The van der Waals surface area contributed by atoms with Crippen molar-refractivity contribution in [3.63, 3.8) is 0 Å². The van der Waals surface area contributed by atoms with E-state index in [9.17, 15) is 14.3 Å². The number of benzene rings is 1. The second-order valence-corrected chi connectivity index (χ2v) is 6.67. The van der Waals surface area contributed by atoms with E-state index in [0.29, 0.717) is 25.9 Å². The van der Waals surface area contributed by atoms with Gasteiger partial charge in [-0.25, -0.2) is 4.39 Å². The SMILES string of the molecule is C=CC[C@@]1(C(=O)O)CCCN(Cc2cn[nH]c2-c2ccc(F)cc2)C1. The highest BCUT2D eigenvalue weighted by atomic mass is 19.1. The molecule has 0 amide bonds. The number of piperidine rings is 1. The van der Waals surface area contributed by atoms with Gasteiger partial charge in [-0.2, -0.15) is 5.10 Å². The maximum absolute atomic E-state index is 13.1. The van der Waals surface area contributed by atoms with Crippen LogP contribution >= 0.6 is 0 Å². The molecule has 1 fully saturated rings. The summed E-state index contributed by atoms with van der Waals surface area (Å²) in [6, 6.07) is 6.25. The van der Waals surface area contributed by atoms with Gasteiger partial charge in [-0.3, -0.25) is 14.8 Å². The molecular weight excluding hydrogens is 321 g/mol. The Balaban J connectivity index is 1.79.